The molecule has 6 nitrogen and oxygen atoms in total. The van der Waals surface area contributed by atoms with Crippen LogP contribution in [0.15, 0.2) is 0 Å². The molecule has 0 bridgehead atoms. The molecule has 18 heavy (non-hydrogen) atoms. The summed E-state index contributed by atoms with van der Waals surface area (Å²) >= 11 is 0. The van der Waals surface area contributed by atoms with Crippen LogP contribution in [0.5, 0.6) is 0 Å². The second-order valence-corrected chi connectivity index (χ2v) is 4.87. The van der Waals surface area contributed by atoms with Crippen molar-refractivity contribution in [1.82, 2.24) is 9.80 Å². The van der Waals surface area contributed by atoms with Gasteiger partial charge in [0, 0.05) is 19.7 Å². The van der Waals surface area contributed by atoms with Crippen molar-refractivity contribution in [3.8, 4) is 0 Å². The first-order valence-electron chi connectivity index (χ1n) is 6.23. The largest absolute Gasteiger partial charge is 0.480 e. The SMILES string of the molecule is CN(C)CCN(CC(=O)O)C(=O)C1CCCOC1. The topological polar surface area (TPSA) is 70.1 Å². The second-order valence-electron chi connectivity index (χ2n) is 4.87. The maximum absolute atomic E-state index is 12.2. The summed E-state index contributed by atoms with van der Waals surface area (Å²) in [5, 5.41) is 8.86. The Kier molecular flexibility index (Phi) is 6.07. The van der Waals surface area contributed by atoms with E-state index in [1.165, 1.54) is 4.90 Å². The van der Waals surface area contributed by atoms with E-state index < -0.39 is 5.97 Å². The van der Waals surface area contributed by atoms with E-state index in [4.69, 9.17) is 9.84 Å². The molecule has 1 amide bonds. The first-order chi connectivity index (χ1) is 8.50. The number of amides is 1. The van der Waals surface area contributed by atoms with Gasteiger partial charge in [0.1, 0.15) is 6.54 Å². The van der Waals surface area contributed by atoms with Gasteiger partial charge in [-0.05, 0) is 26.9 Å². The molecule has 6 heteroatoms. The first-order valence-corrected chi connectivity index (χ1v) is 6.23. The van der Waals surface area contributed by atoms with E-state index in [9.17, 15) is 9.59 Å². The van der Waals surface area contributed by atoms with E-state index in [0.717, 1.165) is 12.8 Å². The Bertz CT molecular complexity index is 288. The molecule has 1 saturated heterocycles. The van der Waals surface area contributed by atoms with E-state index in [2.05, 4.69) is 0 Å². The van der Waals surface area contributed by atoms with Crippen LogP contribution < -0.4 is 0 Å². The quantitative estimate of drug-likeness (QED) is 0.719. The van der Waals surface area contributed by atoms with Crippen molar-refractivity contribution in [3.05, 3.63) is 0 Å². The Hall–Kier alpha value is -1.14. The number of carbonyl (C=O) groups excluding carboxylic acids is 1. The molecular weight excluding hydrogens is 236 g/mol. The van der Waals surface area contributed by atoms with Crippen molar-refractivity contribution in [2.24, 2.45) is 5.92 Å². The molecule has 0 aromatic rings. The summed E-state index contributed by atoms with van der Waals surface area (Å²) in [4.78, 5) is 26.4. The third kappa shape index (κ3) is 5.01. The van der Waals surface area contributed by atoms with E-state index in [-0.39, 0.29) is 18.4 Å². The van der Waals surface area contributed by atoms with Crippen LogP contribution in [-0.4, -0.2) is 73.7 Å². The summed E-state index contributed by atoms with van der Waals surface area (Å²) in [6.07, 6.45) is 1.65. The van der Waals surface area contributed by atoms with Gasteiger partial charge < -0.3 is 19.6 Å². The average molecular weight is 258 g/mol. The van der Waals surface area contributed by atoms with Gasteiger partial charge in [0.15, 0.2) is 0 Å². The maximum atomic E-state index is 12.2. The molecule has 0 spiro atoms. The number of hydrogen-bond acceptors (Lipinski definition) is 4. The summed E-state index contributed by atoms with van der Waals surface area (Å²) in [5.74, 6) is -1.25. The highest BCUT2D eigenvalue weighted by atomic mass is 16.5. The number of aliphatic carboxylic acids is 1. The van der Waals surface area contributed by atoms with Crippen LogP contribution in [0.2, 0.25) is 0 Å². The lowest BCUT2D eigenvalue weighted by Gasteiger charge is -2.29. The van der Waals surface area contributed by atoms with Gasteiger partial charge in [0.2, 0.25) is 5.91 Å². The zero-order valence-electron chi connectivity index (χ0n) is 11.1. The Labute approximate surface area is 107 Å². The summed E-state index contributed by atoms with van der Waals surface area (Å²) in [7, 11) is 3.79. The molecule has 0 aromatic heterocycles. The fourth-order valence-corrected chi connectivity index (χ4v) is 1.94. The fourth-order valence-electron chi connectivity index (χ4n) is 1.94. The number of rotatable bonds is 6. The monoisotopic (exact) mass is 258 g/mol. The predicted octanol–water partition coefficient (Wildman–Crippen LogP) is -0.112. The third-order valence-electron chi connectivity index (χ3n) is 2.96. The number of ether oxygens (including phenoxy) is 1. The molecule has 1 heterocycles. The molecule has 0 aromatic carbocycles. The van der Waals surface area contributed by atoms with Gasteiger partial charge in [-0.25, -0.2) is 0 Å². The summed E-state index contributed by atoms with van der Waals surface area (Å²) in [6, 6.07) is 0. The minimum absolute atomic E-state index is 0.0982. The van der Waals surface area contributed by atoms with Gasteiger partial charge in [-0.2, -0.15) is 0 Å². The van der Waals surface area contributed by atoms with Gasteiger partial charge in [-0.1, -0.05) is 0 Å². The highest BCUT2D eigenvalue weighted by Gasteiger charge is 2.27. The normalized spacial score (nSPS) is 19.8. The summed E-state index contributed by atoms with van der Waals surface area (Å²) in [6.45, 7) is 1.97. The van der Waals surface area contributed by atoms with Crippen LogP contribution in [0, 0.1) is 5.92 Å². The van der Waals surface area contributed by atoms with Crippen molar-refractivity contribution in [2.45, 2.75) is 12.8 Å². The molecule has 1 aliphatic rings. The molecule has 0 radical (unpaired) electrons. The minimum atomic E-state index is -0.973. The smallest absolute Gasteiger partial charge is 0.323 e. The lowest BCUT2D eigenvalue weighted by Crippen LogP contribution is -2.44. The molecule has 1 fully saturated rings. The standard InChI is InChI=1S/C12H22N2O4/c1-13(2)5-6-14(8-11(15)16)12(17)10-4-3-7-18-9-10/h10H,3-9H2,1-2H3,(H,15,16). The fraction of sp³-hybridized carbons (Fsp3) is 0.833. The second kappa shape index (κ2) is 7.33. The van der Waals surface area contributed by atoms with Crippen LogP contribution in [0.4, 0.5) is 0 Å². The molecular formula is C12H22N2O4. The van der Waals surface area contributed by atoms with Gasteiger partial charge >= 0.3 is 5.97 Å². The highest BCUT2D eigenvalue weighted by Crippen LogP contribution is 2.16. The van der Waals surface area contributed by atoms with Crippen LogP contribution >= 0.6 is 0 Å². The van der Waals surface area contributed by atoms with E-state index >= 15 is 0 Å². The van der Waals surface area contributed by atoms with Crippen LogP contribution in [0.1, 0.15) is 12.8 Å². The number of hydrogen-bond donors (Lipinski definition) is 1. The summed E-state index contributed by atoms with van der Waals surface area (Å²) in [5.41, 5.74) is 0. The number of carbonyl (C=O) groups is 2. The Morgan fingerprint density at radius 3 is 2.56 bits per heavy atom. The molecule has 1 N–H and O–H groups in total. The predicted molar refractivity (Wildman–Crippen MR) is 66.3 cm³/mol. The van der Waals surface area contributed by atoms with E-state index in [0.29, 0.717) is 26.3 Å². The molecule has 0 aliphatic carbocycles. The van der Waals surface area contributed by atoms with Crippen molar-refractivity contribution in [1.29, 1.82) is 0 Å². The third-order valence-corrected chi connectivity index (χ3v) is 2.96. The Morgan fingerprint density at radius 2 is 2.06 bits per heavy atom. The van der Waals surface area contributed by atoms with Gasteiger partial charge in [0.05, 0.1) is 12.5 Å². The van der Waals surface area contributed by atoms with Crippen LogP contribution in [0.25, 0.3) is 0 Å². The number of carboxylic acid groups (broad SMARTS) is 1. The van der Waals surface area contributed by atoms with E-state index in [1.807, 2.05) is 19.0 Å². The first kappa shape index (κ1) is 14.9. The number of carboxylic acids is 1. The minimum Gasteiger partial charge on any atom is -0.480 e. The van der Waals surface area contributed by atoms with Crippen LogP contribution in [-0.2, 0) is 14.3 Å². The summed E-state index contributed by atoms with van der Waals surface area (Å²) < 4.78 is 5.28. The maximum Gasteiger partial charge on any atom is 0.323 e. The Balaban J connectivity index is 2.55. The average Bonchev–Trinajstić information content (AvgIpc) is 2.34. The lowest BCUT2D eigenvalue weighted by molar-refractivity contribution is -0.148. The number of likely N-dealkylation sites (N-methyl/N-ethyl adjacent to an activating group) is 1. The zero-order chi connectivity index (χ0) is 13.5. The zero-order valence-corrected chi connectivity index (χ0v) is 11.1. The molecule has 104 valence electrons. The van der Waals surface area contributed by atoms with Crippen molar-refractivity contribution >= 4 is 11.9 Å². The van der Waals surface area contributed by atoms with Gasteiger partial charge in [-0.15, -0.1) is 0 Å². The van der Waals surface area contributed by atoms with E-state index in [1.54, 1.807) is 0 Å². The van der Waals surface area contributed by atoms with Gasteiger partial charge in [0.25, 0.3) is 0 Å². The van der Waals surface area contributed by atoms with Crippen molar-refractivity contribution in [2.75, 3.05) is 46.9 Å². The lowest BCUT2D eigenvalue weighted by atomic mass is 10.0. The van der Waals surface area contributed by atoms with Crippen LogP contribution in [0.3, 0.4) is 0 Å². The Morgan fingerprint density at radius 1 is 1.33 bits per heavy atom. The molecule has 1 unspecified atom stereocenters. The molecule has 1 atom stereocenters. The van der Waals surface area contributed by atoms with Gasteiger partial charge in [-0.3, -0.25) is 9.59 Å². The molecule has 1 aliphatic heterocycles. The molecule has 0 saturated carbocycles. The van der Waals surface area contributed by atoms with Crippen molar-refractivity contribution in [3.63, 3.8) is 0 Å². The number of nitrogens with zero attached hydrogens (tertiary/aromatic N) is 2. The van der Waals surface area contributed by atoms with Crippen molar-refractivity contribution < 1.29 is 19.4 Å². The highest BCUT2D eigenvalue weighted by molar-refractivity contribution is 5.83. The molecule has 1 rings (SSSR count).